The summed E-state index contributed by atoms with van der Waals surface area (Å²) in [6.45, 7) is 19.3. The molecule has 0 unspecified atom stereocenters. The predicted octanol–water partition coefficient (Wildman–Crippen LogP) is -1.47. The summed E-state index contributed by atoms with van der Waals surface area (Å²) >= 11 is 0. The summed E-state index contributed by atoms with van der Waals surface area (Å²) in [4.78, 5) is 0. The van der Waals surface area contributed by atoms with Gasteiger partial charge in [-0.1, -0.05) is 83.1 Å². The predicted molar refractivity (Wildman–Crippen MR) is 90.8 cm³/mol. The molecular weight excluding hydrogens is 650 g/mol. The summed E-state index contributed by atoms with van der Waals surface area (Å²) in [5.41, 5.74) is 0. The summed E-state index contributed by atoms with van der Waals surface area (Å²) in [7, 11) is 0. The van der Waals surface area contributed by atoms with Gasteiger partial charge in [0.25, 0.3) is 0 Å². The van der Waals surface area contributed by atoms with Crippen molar-refractivity contribution in [1.82, 2.24) is 0 Å². The fourth-order valence-electron chi connectivity index (χ4n) is 0. The van der Waals surface area contributed by atoms with Gasteiger partial charge in [-0.15, -0.1) is 36.6 Å². The van der Waals surface area contributed by atoms with Crippen LogP contribution in [0.3, 0.4) is 0 Å². The average molecular weight is 692 g/mol. The third-order valence-electron chi connectivity index (χ3n) is 0. The van der Waals surface area contributed by atoms with Crippen LogP contribution in [-0.4, -0.2) is 36.6 Å². The zero-order chi connectivity index (χ0) is 21.5. The first-order chi connectivity index (χ1) is 10.4. The van der Waals surface area contributed by atoms with Crippen molar-refractivity contribution in [2.45, 2.75) is 120 Å². The number of hydrogen-bond donors (Lipinski definition) is 0. The van der Waals surface area contributed by atoms with Crippen LogP contribution in [0.4, 0.5) is 0 Å². The molecule has 0 aromatic carbocycles. The minimum Gasteiger partial charge on any atom is -0.852 e. The Morgan fingerprint density at radius 3 is 0.269 bits per heavy atom. The molecule has 0 aliphatic heterocycles. The molecule has 0 aliphatic rings. The van der Waals surface area contributed by atoms with E-state index in [9.17, 15) is 30.6 Å². The van der Waals surface area contributed by atoms with E-state index in [4.69, 9.17) is 0 Å². The minimum atomic E-state index is -0.417. The van der Waals surface area contributed by atoms with Gasteiger partial charge in [-0.3, -0.25) is 0 Å². The summed E-state index contributed by atoms with van der Waals surface area (Å²) in [6, 6.07) is 0. The molecule has 0 heterocycles. The first-order valence-electron chi connectivity index (χ1n) is 8.34. The summed E-state index contributed by atoms with van der Waals surface area (Å²) < 4.78 is 0. The van der Waals surface area contributed by atoms with E-state index in [-0.39, 0.29) is 73.7 Å². The first-order valence-corrected chi connectivity index (χ1v) is 8.34. The van der Waals surface area contributed by atoms with Crippen molar-refractivity contribution in [3.05, 3.63) is 0 Å². The summed E-state index contributed by atoms with van der Waals surface area (Å²) in [5, 5.41) is 57.2. The Morgan fingerprint density at radius 2 is 0.269 bits per heavy atom. The van der Waals surface area contributed by atoms with E-state index >= 15 is 0 Å². The number of rotatable bonds is 0. The van der Waals surface area contributed by atoms with Crippen LogP contribution >= 0.6 is 0 Å². The van der Waals surface area contributed by atoms with E-state index in [1.807, 2.05) is 0 Å². The van der Waals surface area contributed by atoms with E-state index in [2.05, 4.69) is 0 Å². The van der Waals surface area contributed by atoms with Gasteiger partial charge >= 0.3 is 73.7 Å². The van der Waals surface area contributed by atoms with Crippen LogP contribution in [-0.2, 0) is 0 Å². The van der Waals surface area contributed by atoms with Crippen LogP contribution in [0, 0.1) is 73.7 Å². The molecule has 0 aromatic heterocycles. The molecule has 176 valence electrons. The molecule has 26 heavy (non-hydrogen) atoms. The molecule has 0 bridgehead atoms. The SMILES string of the molecule is CC(C)[O-].CC(C)[O-].CC(C)[O-].CC(C)[O-].CC(C)[O-].CC(C)[O-].[Tm+3].[Tm+3]. The second-order valence-corrected chi connectivity index (χ2v) is 6.29. The summed E-state index contributed by atoms with van der Waals surface area (Å²) in [6.07, 6.45) is -2.50. The third-order valence-corrected chi connectivity index (χ3v) is 0. The van der Waals surface area contributed by atoms with E-state index in [1.165, 1.54) is 0 Å². The minimum absolute atomic E-state index is 0. The maximum absolute atomic E-state index is 9.53. The smallest absolute Gasteiger partial charge is 0.852 e. The molecule has 0 atom stereocenters. The molecule has 0 amide bonds. The third kappa shape index (κ3) is 3360. The molecule has 0 rings (SSSR count). The molecule has 0 radical (unpaired) electrons. The van der Waals surface area contributed by atoms with Gasteiger partial charge in [-0.2, -0.15) is 0 Å². The van der Waals surface area contributed by atoms with Crippen LogP contribution < -0.4 is 30.6 Å². The van der Waals surface area contributed by atoms with Gasteiger partial charge in [0.15, 0.2) is 0 Å². The van der Waals surface area contributed by atoms with Crippen LogP contribution in [0.5, 0.6) is 0 Å². The van der Waals surface area contributed by atoms with Crippen molar-refractivity contribution in [1.29, 1.82) is 0 Å². The van der Waals surface area contributed by atoms with Crippen LogP contribution in [0.2, 0.25) is 0 Å². The second-order valence-electron chi connectivity index (χ2n) is 6.29. The van der Waals surface area contributed by atoms with Gasteiger partial charge in [-0.05, 0) is 0 Å². The van der Waals surface area contributed by atoms with E-state index in [0.717, 1.165) is 0 Å². The Balaban J connectivity index is -0.0000000245. The van der Waals surface area contributed by atoms with E-state index < -0.39 is 36.6 Å². The quantitative estimate of drug-likeness (QED) is 0.304. The van der Waals surface area contributed by atoms with Gasteiger partial charge < -0.3 is 30.6 Å². The normalized spacial score (nSPS) is 8.31. The van der Waals surface area contributed by atoms with Crippen molar-refractivity contribution < 1.29 is 104 Å². The van der Waals surface area contributed by atoms with Crippen molar-refractivity contribution in [2.75, 3.05) is 0 Å². The monoisotopic (exact) mass is 692 g/mol. The van der Waals surface area contributed by atoms with Crippen LogP contribution in [0.15, 0.2) is 0 Å². The van der Waals surface area contributed by atoms with Gasteiger partial charge in [0.2, 0.25) is 0 Å². The van der Waals surface area contributed by atoms with Gasteiger partial charge in [0.05, 0.1) is 0 Å². The van der Waals surface area contributed by atoms with Crippen molar-refractivity contribution in [3.63, 3.8) is 0 Å². The van der Waals surface area contributed by atoms with Crippen molar-refractivity contribution >= 4 is 0 Å². The maximum atomic E-state index is 9.53. The van der Waals surface area contributed by atoms with Crippen molar-refractivity contribution in [3.8, 4) is 0 Å². The molecule has 0 aliphatic carbocycles. The van der Waals surface area contributed by atoms with E-state index in [1.54, 1.807) is 83.1 Å². The molecule has 0 aromatic rings. The Hall–Kier alpha value is 2.23. The molecular formula is C18H42O6Tm2. The fraction of sp³-hybridized carbons (Fsp3) is 1.00. The molecule has 8 heteroatoms. The maximum Gasteiger partial charge on any atom is 3.00 e. The Morgan fingerprint density at radius 1 is 0.269 bits per heavy atom. The summed E-state index contributed by atoms with van der Waals surface area (Å²) in [5.74, 6) is 0. The number of hydrogen-bond acceptors (Lipinski definition) is 6. The molecule has 6 nitrogen and oxygen atoms in total. The van der Waals surface area contributed by atoms with Crippen LogP contribution in [0.1, 0.15) is 83.1 Å². The van der Waals surface area contributed by atoms with Gasteiger partial charge in [0.1, 0.15) is 0 Å². The molecule has 0 saturated heterocycles. The first kappa shape index (κ1) is 51.1. The Labute approximate surface area is 221 Å². The Bertz CT molecular complexity index is 105. The molecule has 0 N–H and O–H groups in total. The van der Waals surface area contributed by atoms with Gasteiger partial charge in [-0.25, -0.2) is 0 Å². The fourth-order valence-corrected chi connectivity index (χ4v) is 0. The zero-order valence-electron chi connectivity index (χ0n) is 18.5. The molecule has 0 spiro atoms. The van der Waals surface area contributed by atoms with Crippen LogP contribution in [0.25, 0.3) is 0 Å². The topological polar surface area (TPSA) is 138 Å². The second kappa shape index (κ2) is 45.8. The standard InChI is InChI=1S/6C3H7O.2Tm/c6*1-3(2)4;;/h6*3H,1-2H3;;/q6*-1;2*+3. The van der Waals surface area contributed by atoms with E-state index in [0.29, 0.717) is 0 Å². The molecule has 0 fully saturated rings. The largest absolute Gasteiger partial charge is 3.00 e. The molecule has 0 saturated carbocycles. The van der Waals surface area contributed by atoms with Gasteiger partial charge in [0, 0.05) is 0 Å². The Kier molecular flexibility index (Phi) is 90.0. The zero-order valence-corrected chi connectivity index (χ0v) is 22.0. The van der Waals surface area contributed by atoms with Crippen molar-refractivity contribution in [2.24, 2.45) is 0 Å². The average Bonchev–Trinajstić information content (AvgIpc) is 2.08.